The highest BCUT2D eigenvalue weighted by Crippen LogP contribution is 2.22. The molecule has 0 aliphatic rings. The minimum atomic E-state index is -0.687. The summed E-state index contributed by atoms with van der Waals surface area (Å²) in [6, 6.07) is 7.18. The lowest BCUT2D eigenvalue weighted by molar-refractivity contribution is 0.0992. The van der Waals surface area contributed by atoms with Crippen molar-refractivity contribution < 1.29 is 9.53 Å². The van der Waals surface area contributed by atoms with Crippen LogP contribution in [0.4, 0.5) is 0 Å². The van der Waals surface area contributed by atoms with Crippen LogP contribution >= 0.6 is 0 Å². The van der Waals surface area contributed by atoms with E-state index < -0.39 is 5.91 Å². The summed E-state index contributed by atoms with van der Waals surface area (Å²) in [5, 5.41) is 0. The Morgan fingerprint density at radius 1 is 1.28 bits per heavy atom. The molecule has 2 aromatic rings. The van der Waals surface area contributed by atoms with E-state index >= 15 is 0 Å². The molecule has 0 fully saturated rings. The first kappa shape index (κ1) is 12.0. The number of nitrogens with two attached hydrogens (primary N) is 2. The maximum absolute atomic E-state index is 11.2. The molecule has 92 valence electrons. The molecule has 1 aromatic heterocycles. The number of aromatic nitrogens is 2. The van der Waals surface area contributed by atoms with E-state index in [1.54, 1.807) is 18.2 Å². The standard InChI is InChI=1S/C12H12N4O2/c13-7-8-2-1-3-9(6-8)18-12-10(11(14)17)15-4-5-16-12/h1-6H,7,13H2,(H2,14,17). The molecule has 0 radical (unpaired) electrons. The summed E-state index contributed by atoms with van der Waals surface area (Å²) < 4.78 is 5.48. The molecule has 6 nitrogen and oxygen atoms in total. The fourth-order valence-electron chi connectivity index (χ4n) is 1.42. The van der Waals surface area contributed by atoms with Gasteiger partial charge in [0.15, 0.2) is 5.69 Å². The number of hydrogen-bond donors (Lipinski definition) is 2. The highest BCUT2D eigenvalue weighted by atomic mass is 16.5. The summed E-state index contributed by atoms with van der Waals surface area (Å²) in [6.07, 6.45) is 2.80. The van der Waals surface area contributed by atoms with Gasteiger partial charge >= 0.3 is 0 Å². The van der Waals surface area contributed by atoms with Gasteiger partial charge in [-0.15, -0.1) is 0 Å². The van der Waals surface area contributed by atoms with Crippen LogP contribution in [0.25, 0.3) is 0 Å². The molecule has 6 heteroatoms. The van der Waals surface area contributed by atoms with Crippen molar-refractivity contribution in [2.24, 2.45) is 11.5 Å². The first-order chi connectivity index (χ1) is 8.70. The monoisotopic (exact) mass is 244 g/mol. The average Bonchev–Trinajstić information content (AvgIpc) is 2.39. The van der Waals surface area contributed by atoms with Crippen LogP contribution in [-0.4, -0.2) is 15.9 Å². The number of amides is 1. The number of carbonyl (C=O) groups excluding carboxylic acids is 1. The van der Waals surface area contributed by atoms with Gasteiger partial charge in [-0.25, -0.2) is 9.97 Å². The van der Waals surface area contributed by atoms with Crippen LogP contribution in [0.1, 0.15) is 16.1 Å². The third kappa shape index (κ3) is 2.61. The fourth-order valence-corrected chi connectivity index (χ4v) is 1.42. The van der Waals surface area contributed by atoms with Crippen molar-refractivity contribution in [2.45, 2.75) is 6.54 Å². The molecular weight excluding hydrogens is 232 g/mol. The van der Waals surface area contributed by atoms with Crippen LogP contribution in [0.5, 0.6) is 11.6 Å². The predicted molar refractivity (Wildman–Crippen MR) is 65.0 cm³/mol. The highest BCUT2D eigenvalue weighted by Gasteiger charge is 2.12. The third-order valence-corrected chi connectivity index (χ3v) is 2.25. The van der Waals surface area contributed by atoms with E-state index in [0.717, 1.165) is 5.56 Å². The maximum atomic E-state index is 11.2. The summed E-state index contributed by atoms with van der Waals surface area (Å²) >= 11 is 0. The zero-order chi connectivity index (χ0) is 13.0. The van der Waals surface area contributed by atoms with Gasteiger partial charge in [0.2, 0.25) is 0 Å². The van der Waals surface area contributed by atoms with E-state index in [2.05, 4.69) is 9.97 Å². The molecule has 1 heterocycles. The lowest BCUT2D eigenvalue weighted by atomic mass is 10.2. The zero-order valence-corrected chi connectivity index (χ0v) is 9.54. The minimum Gasteiger partial charge on any atom is -0.437 e. The summed E-state index contributed by atoms with van der Waals surface area (Å²) in [5.41, 5.74) is 11.6. The van der Waals surface area contributed by atoms with Crippen molar-refractivity contribution in [1.29, 1.82) is 0 Å². The second-order valence-corrected chi connectivity index (χ2v) is 3.53. The number of primary amides is 1. The van der Waals surface area contributed by atoms with Crippen molar-refractivity contribution in [2.75, 3.05) is 0 Å². The molecule has 1 aromatic carbocycles. The lowest BCUT2D eigenvalue weighted by Gasteiger charge is -2.07. The summed E-state index contributed by atoms with van der Waals surface area (Å²) in [5.74, 6) is -0.0757. The molecule has 0 unspecified atom stereocenters. The van der Waals surface area contributed by atoms with Gasteiger partial charge in [0.1, 0.15) is 5.75 Å². The Labute approximate surface area is 104 Å². The maximum Gasteiger partial charge on any atom is 0.272 e. The lowest BCUT2D eigenvalue weighted by Crippen LogP contribution is -2.14. The Morgan fingerprint density at radius 3 is 2.78 bits per heavy atom. The molecule has 0 aliphatic heterocycles. The predicted octanol–water partition coefficient (Wildman–Crippen LogP) is 0.826. The number of hydrogen-bond acceptors (Lipinski definition) is 5. The largest absolute Gasteiger partial charge is 0.437 e. The molecule has 0 bridgehead atoms. The van der Waals surface area contributed by atoms with Crippen LogP contribution in [0, 0.1) is 0 Å². The van der Waals surface area contributed by atoms with Gasteiger partial charge in [-0.3, -0.25) is 4.79 Å². The van der Waals surface area contributed by atoms with E-state index in [1.807, 2.05) is 6.07 Å². The Morgan fingerprint density at radius 2 is 2.06 bits per heavy atom. The number of ether oxygens (including phenoxy) is 1. The Kier molecular flexibility index (Phi) is 3.49. The van der Waals surface area contributed by atoms with Gasteiger partial charge in [0.25, 0.3) is 11.8 Å². The Balaban J connectivity index is 2.31. The average molecular weight is 244 g/mol. The van der Waals surface area contributed by atoms with Crippen LogP contribution in [0.15, 0.2) is 36.7 Å². The molecular formula is C12H12N4O2. The van der Waals surface area contributed by atoms with E-state index in [1.165, 1.54) is 12.4 Å². The van der Waals surface area contributed by atoms with Crippen molar-refractivity contribution in [3.8, 4) is 11.6 Å². The quantitative estimate of drug-likeness (QED) is 0.828. The summed E-state index contributed by atoms with van der Waals surface area (Å²) in [7, 11) is 0. The molecule has 4 N–H and O–H groups in total. The molecule has 0 spiro atoms. The summed E-state index contributed by atoms with van der Waals surface area (Å²) in [6.45, 7) is 0.403. The normalized spacial score (nSPS) is 10.1. The highest BCUT2D eigenvalue weighted by molar-refractivity contribution is 5.92. The fraction of sp³-hybridized carbons (Fsp3) is 0.0833. The molecule has 0 aliphatic carbocycles. The zero-order valence-electron chi connectivity index (χ0n) is 9.54. The van der Waals surface area contributed by atoms with E-state index in [9.17, 15) is 4.79 Å². The van der Waals surface area contributed by atoms with Crippen molar-refractivity contribution in [1.82, 2.24) is 9.97 Å². The number of benzene rings is 1. The number of nitrogens with zero attached hydrogens (tertiary/aromatic N) is 2. The van der Waals surface area contributed by atoms with Crippen molar-refractivity contribution in [3.63, 3.8) is 0 Å². The van der Waals surface area contributed by atoms with E-state index in [0.29, 0.717) is 12.3 Å². The van der Waals surface area contributed by atoms with Crippen LogP contribution in [-0.2, 0) is 6.54 Å². The smallest absolute Gasteiger partial charge is 0.272 e. The molecule has 1 amide bonds. The topological polar surface area (TPSA) is 104 Å². The number of carbonyl (C=O) groups is 1. The molecule has 2 rings (SSSR count). The van der Waals surface area contributed by atoms with Gasteiger partial charge in [-0.2, -0.15) is 0 Å². The molecule has 0 saturated carbocycles. The first-order valence-electron chi connectivity index (χ1n) is 5.28. The summed E-state index contributed by atoms with van der Waals surface area (Å²) in [4.78, 5) is 18.9. The molecule has 18 heavy (non-hydrogen) atoms. The van der Waals surface area contributed by atoms with Crippen LogP contribution in [0.2, 0.25) is 0 Å². The second kappa shape index (κ2) is 5.24. The van der Waals surface area contributed by atoms with Gasteiger partial charge in [-0.1, -0.05) is 12.1 Å². The third-order valence-electron chi connectivity index (χ3n) is 2.25. The van der Waals surface area contributed by atoms with Crippen LogP contribution in [0.3, 0.4) is 0 Å². The van der Waals surface area contributed by atoms with Crippen molar-refractivity contribution in [3.05, 3.63) is 47.9 Å². The first-order valence-corrected chi connectivity index (χ1v) is 5.28. The minimum absolute atomic E-state index is 0.00403. The van der Waals surface area contributed by atoms with Crippen LogP contribution < -0.4 is 16.2 Å². The second-order valence-electron chi connectivity index (χ2n) is 3.53. The van der Waals surface area contributed by atoms with Gasteiger partial charge in [0.05, 0.1) is 0 Å². The molecule has 0 saturated heterocycles. The van der Waals surface area contributed by atoms with E-state index in [-0.39, 0.29) is 11.6 Å². The SMILES string of the molecule is NCc1cccc(Oc2nccnc2C(N)=O)c1. The number of rotatable bonds is 4. The van der Waals surface area contributed by atoms with Gasteiger partial charge < -0.3 is 16.2 Å². The Hall–Kier alpha value is -2.47. The Bertz CT molecular complexity index is 572. The molecule has 0 atom stereocenters. The van der Waals surface area contributed by atoms with Gasteiger partial charge in [-0.05, 0) is 17.7 Å². The van der Waals surface area contributed by atoms with E-state index in [4.69, 9.17) is 16.2 Å². The van der Waals surface area contributed by atoms with Gasteiger partial charge in [0, 0.05) is 18.9 Å². The van der Waals surface area contributed by atoms with Crippen molar-refractivity contribution >= 4 is 5.91 Å².